The number of nitrogens with one attached hydrogen (secondary N) is 1. The van der Waals surface area contributed by atoms with E-state index in [2.05, 4.69) is 49.1 Å². The number of rotatable bonds is 10. The fourth-order valence-electron chi connectivity index (χ4n) is 5.42. The van der Waals surface area contributed by atoms with E-state index in [1.54, 1.807) is 0 Å². The van der Waals surface area contributed by atoms with E-state index in [1.165, 1.54) is 12.2 Å². The molecule has 0 amide bonds. The van der Waals surface area contributed by atoms with Crippen molar-refractivity contribution >= 4 is 11.9 Å². The molecule has 0 aromatic carbocycles. The van der Waals surface area contributed by atoms with Crippen LogP contribution in [0.15, 0.2) is 25.3 Å². The van der Waals surface area contributed by atoms with Gasteiger partial charge in [-0.15, -0.1) is 0 Å². The third-order valence-electron chi connectivity index (χ3n) is 7.86. The van der Waals surface area contributed by atoms with E-state index in [4.69, 9.17) is 18.9 Å². The molecular formula is C32H45NO6. The number of carbonyl (C=O) groups excluding carboxylic acids is 2. The SMILES string of the molecule is C=CC(=O)OCCOC1CCC(C#CC2CC(C)C(C#CC3CCC(OCCOC(=O)C=C)CC3)CN2)CC1. The van der Waals surface area contributed by atoms with Gasteiger partial charge < -0.3 is 24.3 Å². The molecule has 2 aliphatic carbocycles. The lowest BCUT2D eigenvalue weighted by molar-refractivity contribution is -0.141. The lowest BCUT2D eigenvalue weighted by Gasteiger charge is -2.31. The summed E-state index contributed by atoms with van der Waals surface area (Å²) in [7, 11) is 0. The topological polar surface area (TPSA) is 83.1 Å². The fraction of sp³-hybridized carbons (Fsp3) is 0.688. The maximum atomic E-state index is 11.1. The fourth-order valence-corrected chi connectivity index (χ4v) is 5.42. The maximum absolute atomic E-state index is 11.1. The molecular weight excluding hydrogens is 494 g/mol. The summed E-state index contributed by atoms with van der Waals surface area (Å²) in [6.45, 7) is 11.4. The highest BCUT2D eigenvalue weighted by Crippen LogP contribution is 2.28. The average molecular weight is 540 g/mol. The average Bonchev–Trinajstić information content (AvgIpc) is 2.96. The van der Waals surface area contributed by atoms with Crippen molar-refractivity contribution in [1.29, 1.82) is 0 Å². The van der Waals surface area contributed by atoms with Crippen molar-refractivity contribution in [2.45, 2.75) is 83.0 Å². The van der Waals surface area contributed by atoms with E-state index in [0.29, 0.717) is 36.9 Å². The van der Waals surface area contributed by atoms with Gasteiger partial charge in [-0.05, 0) is 63.7 Å². The Morgan fingerprint density at radius 1 is 0.744 bits per heavy atom. The molecule has 1 aliphatic heterocycles. The predicted molar refractivity (Wildman–Crippen MR) is 150 cm³/mol. The van der Waals surface area contributed by atoms with Gasteiger partial charge in [0.2, 0.25) is 0 Å². The maximum Gasteiger partial charge on any atom is 0.330 e. The molecule has 7 nitrogen and oxygen atoms in total. The Balaban J connectivity index is 1.29. The third-order valence-corrected chi connectivity index (χ3v) is 7.86. The third kappa shape index (κ3) is 11.6. The first-order valence-corrected chi connectivity index (χ1v) is 14.5. The minimum atomic E-state index is -0.408. The first-order valence-electron chi connectivity index (χ1n) is 14.5. The van der Waals surface area contributed by atoms with Crippen LogP contribution in [0.5, 0.6) is 0 Å². The van der Waals surface area contributed by atoms with Crippen molar-refractivity contribution in [3.63, 3.8) is 0 Å². The molecule has 39 heavy (non-hydrogen) atoms. The molecule has 3 atom stereocenters. The van der Waals surface area contributed by atoms with Crippen molar-refractivity contribution in [2.75, 3.05) is 33.0 Å². The zero-order valence-corrected chi connectivity index (χ0v) is 23.5. The van der Waals surface area contributed by atoms with E-state index in [0.717, 1.165) is 64.3 Å². The molecule has 3 unspecified atom stereocenters. The second kappa shape index (κ2) is 17.2. The number of esters is 2. The van der Waals surface area contributed by atoms with Gasteiger partial charge in [-0.3, -0.25) is 0 Å². The van der Waals surface area contributed by atoms with E-state index < -0.39 is 11.9 Å². The van der Waals surface area contributed by atoms with Crippen LogP contribution >= 0.6 is 0 Å². The molecule has 1 N–H and O–H groups in total. The summed E-state index contributed by atoms with van der Waals surface area (Å²) in [5, 5.41) is 3.62. The van der Waals surface area contributed by atoms with Gasteiger partial charge in [0.25, 0.3) is 0 Å². The summed E-state index contributed by atoms with van der Waals surface area (Å²) in [5.74, 6) is 15.1. The summed E-state index contributed by atoms with van der Waals surface area (Å²) in [6.07, 6.45) is 12.1. The molecule has 1 heterocycles. The quantitative estimate of drug-likeness (QED) is 0.193. The molecule has 0 aromatic rings. The van der Waals surface area contributed by atoms with Gasteiger partial charge in [-0.1, -0.05) is 43.8 Å². The van der Waals surface area contributed by atoms with Crippen LogP contribution in [0.25, 0.3) is 0 Å². The number of ether oxygens (including phenoxy) is 4. The number of carbonyl (C=O) groups is 2. The van der Waals surface area contributed by atoms with Gasteiger partial charge in [-0.25, -0.2) is 9.59 Å². The van der Waals surface area contributed by atoms with Crippen molar-refractivity contribution in [2.24, 2.45) is 23.7 Å². The molecule has 0 radical (unpaired) electrons. The van der Waals surface area contributed by atoms with Crippen molar-refractivity contribution in [1.82, 2.24) is 5.32 Å². The van der Waals surface area contributed by atoms with Crippen LogP contribution in [0.2, 0.25) is 0 Å². The Hall–Kier alpha value is -2.58. The summed E-state index contributed by atoms with van der Waals surface area (Å²) >= 11 is 0. The molecule has 214 valence electrons. The molecule has 3 fully saturated rings. The van der Waals surface area contributed by atoms with Crippen LogP contribution in [0, 0.1) is 47.4 Å². The van der Waals surface area contributed by atoms with Gasteiger partial charge in [0.1, 0.15) is 13.2 Å². The van der Waals surface area contributed by atoms with E-state index in [1.807, 2.05) is 0 Å². The molecule has 0 spiro atoms. The Morgan fingerprint density at radius 3 is 1.69 bits per heavy atom. The monoisotopic (exact) mass is 539 g/mol. The minimum Gasteiger partial charge on any atom is -0.460 e. The number of hydrogen-bond acceptors (Lipinski definition) is 7. The summed E-state index contributed by atoms with van der Waals surface area (Å²) in [6, 6.07) is 0.241. The van der Waals surface area contributed by atoms with Crippen LogP contribution in [0.1, 0.15) is 64.7 Å². The Bertz CT molecular complexity index is 924. The molecule has 0 aromatic heterocycles. The summed E-state index contributed by atoms with van der Waals surface area (Å²) in [5.41, 5.74) is 0. The van der Waals surface area contributed by atoms with Crippen LogP contribution < -0.4 is 5.32 Å². The lowest BCUT2D eigenvalue weighted by atomic mass is 9.82. The van der Waals surface area contributed by atoms with Gasteiger partial charge in [-0.2, -0.15) is 0 Å². The first-order chi connectivity index (χ1) is 19.0. The highest BCUT2D eigenvalue weighted by Gasteiger charge is 2.26. The van der Waals surface area contributed by atoms with Crippen LogP contribution in [-0.2, 0) is 28.5 Å². The highest BCUT2D eigenvalue weighted by atomic mass is 16.6. The normalized spacial score (nSPS) is 30.4. The second-order valence-electron chi connectivity index (χ2n) is 10.8. The van der Waals surface area contributed by atoms with Crippen molar-refractivity contribution in [3.05, 3.63) is 25.3 Å². The lowest BCUT2D eigenvalue weighted by Crippen LogP contribution is -2.42. The van der Waals surface area contributed by atoms with E-state index >= 15 is 0 Å². The van der Waals surface area contributed by atoms with Gasteiger partial charge in [0.05, 0.1) is 31.5 Å². The van der Waals surface area contributed by atoms with Gasteiger partial charge >= 0.3 is 11.9 Å². The molecule has 1 saturated heterocycles. The molecule has 3 aliphatic rings. The van der Waals surface area contributed by atoms with E-state index in [9.17, 15) is 9.59 Å². The number of hydrogen-bond donors (Lipinski definition) is 1. The molecule has 3 rings (SSSR count). The smallest absolute Gasteiger partial charge is 0.330 e. The Morgan fingerprint density at radius 2 is 1.23 bits per heavy atom. The van der Waals surface area contributed by atoms with Crippen LogP contribution in [0.3, 0.4) is 0 Å². The zero-order valence-electron chi connectivity index (χ0n) is 23.5. The molecule has 2 saturated carbocycles. The number of piperidine rings is 1. The van der Waals surface area contributed by atoms with Crippen molar-refractivity contribution < 1.29 is 28.5 Å². The van der Waals surface area contributed by atoms with Crippen LogP contribution in [-0.4, -0.2) is 63.2 Å². The van der Waals surface area contributed by atoms with E-state index in [-0.39, 0.29) is 31.5 Å². The van der Waals surface area contributed by atoms with Gasteiger partial charge in [0.15, 0.2) is 0 Å². The predicted octanol–water partition coefficient (Wildman–Crippen LogP) is 4.22. The zero-order chi connectivity index (χ0) is 27.9. The highest BCUT2D eigenvalue weighted by molar-refractivity contribution is 5.81. The summed E-state index contributed by atoms with van der Waals surface area (Å²) < 4.78 is 21.6. The molecule has 0 bridgehead atoms. The Labute approximate surface area is 234 Å². The standard InChI is InChI=1S/C32H45NO6/c1-4-31(34)38-20-18-36-29-14-8-25(9-15-29)6-12-27-23-33-28(22-24(27)3)13-7-26-10-16-30(17-11-26)37-19-21-39-32(35)5-2/h4-5,24-30,33H,1-2,8-11,14-23H2,3H3. The van der Waals surface area contributed by atoms with Gasteiger partial charge in [0, 0.05) is 36.5 Å². The second-order valence-corrected chi connectivity index (χ2v) is 10.8. The molecule has 7 heteroatoms. The summed E-state index contributed by atoms with van der Waals surface area (Å²) in [4.78, 5) is 22.1. The first kappa shape index (κ1) is 31.0. The largest absolute Gasteiger partial charge is 0.460 e. The Kier molecular flexibility index (Phi) is 13.6. The van der Waals surface area contributed by atoms with Crippen LogP contribution in [0.4, 0.5) is 0 Å². The van der Waals surface area contributed by atoms with Crippen molar-refractivity contribution in [3.8, 4) is 23.7 Å². The minimum absolute atomic E-state index is 0.231.